The Morgan fingerprint density at radius 3 is 2.45 bits per heavy atom. The third kappa shape index (κ3) is 1.84. The fourth-order valence-electron chi connectivity index (χ4n) is 2.23. The SMILES string of the molecule is C=CC1C(C)CC(C)CC1O. The van der Waals surface area contributed by atoms with Crippen LogP contribution in [0.4, 0.5) is 0 Å². The molecule has 0 aromatic carbocycles. The van der Waals surface area contributed by atoms with E-state index < -0.39 is 0 Å². The van der Waals surface area contributed by atoms with Crippen LogP contribution in [-0.4, -0.2) is 11.2 Å². The van der Waals surface area contributed by atoms with Crippen LogP contribution in [0.25, 0.3) is 0 Å². The molecular formula is C10H18O. The number of aliphatic hydroxyl groups excluding tert-OH is 1. The first-order chi connectivity index (χ1) is 5.15. The molecule has 1 N–H and O–H groups in total. The third-order valence-electron chi connectivity index (χ3n) is 2.79. The second kappa shape index (κ2) is 3.40. The zero-order chi connectivity index (χ0) is 8.43. The highest BCUT2D eigenvalue weighted by molar-refractivity contribution is 4.92. The van der Waals surface area contributed by atoms with E-state index in [0.29, 0.717) is 17.8 Å². The Morgan fingerprint density at radius 2 is 2.00 bits per heavy atom. The van der Waals surface area contributed by atoms with Gasteiger partial charge in [-0.1, -0.05) is 19.9 Å². The molecule has 0 radical (unpaired) electrons. The van der Waals surface area contributed by atoms with Crippen LogP contribution in [0.5, 0.6) is 0 Å². The normalized spacial score (nSPS) is 45.4. The van der Waals surface area contributed by atoms with Gasteiger partial charge < -0.3 is 5.11 Å². The van der Waals surface area contributed by atoms with Gasteiger partial charge in [-0.15, -0.1) is 6.58 Å². The maximum Gasteiger partial charge on any atom is 0.0607 e. The molecule has 0 aliphatic heterocycles. The number of rotatable bonds is 1. The van der Waals surface area contributed by atoms with Gasteiger partial charge in [0.15, 0.2) is 0 Å². The van der Waals surface area contributed by atoms with E-state index >= 15 is 0 Å². The molecule has 11 heavy (non-hydrogen) atoms. The Bertz CT molecular complexity index is 130. The lowest BCUT2D eigenvalue weighted by molar-refractivity contribution is 0.0400. The molecule has 64 valence electrons. The molecule has 0 heterocycles. The van der Waals surface area contributed by atoms with Crippen molar-refractivity contribution in [3.05, 3.63) is 12.7 Å². The molecule has 1 saturated carbocycles. The Hall–Kier alpha value is -0.300. The lowest BCUT2D eigenvalue weighted by atomic mass is 9.74. The van der Waals surface area contributed by atoms with Gasteiger partial charge in [0.05, 0.1) is 6.10 Å². The van der Waals surface area contributed by atoms with Crippen molar-refractivity contribution in [3.8, 4) is 0 Å². The summed E-state index contributed by atoms with van der Waals surface area (Å²) in [5, 5.41) is 9.64. The van der Waals surface area contributed by atoms with Gasteiger partial charge >= 0.3 is 0 Å². The topological polar surface area (TPSA) is 20.2 Å². The molecule has 0 spiro atoms. The fourth-order valence-corrected chi connectivity index (χ4v) is 2.23. The third-order valence-corrected chi connectivity index (χ3v) is 2.79. The van der Waals surface area contributed by atoms with Gasteiger partial charge in [-0.2, -0.15) is 0 Å². The molecule has 1 heteroatoms. The van der Waals surface area contributed by atoms with E-state index in [9.17, 15) is 5.11 Å². The predicted molar refractivity (Wildman–Crippen MR) is 47.3 cm³/mol. The Kier molecular flexibility index (Phi) is 2.72. The van der Waals surface area contributed by atoms with Crippen LogP contribution >= 0.6 is 0 Å². The van der Waals surface area contributed by atoms with Crippen molar-refractivity contribution in [3.63, 3.8) is 0 Å². The molecule has 1 aliphatic carbocycles. The lowest BCUT2D eigenvalue weighted by Crippen LogP contribution is -2.32. The van der Waals surface area contributed by atoms with E-state index in [1.165, 1.54) is 6.42 Å². The number of aliphatic hydroxyl groups is 1. The van der Waals surface area contributed by atoms with Crippen molar-refractivity contribution in [1.29, 1.82) is 0 Å². The largest absolute Gasteiger partial charge is 0.392 e. The average Bonchev–Trinajstić information content (AvgIpc) is 1.85. The number of hydrogen-bond acceptors (Lipinski definition) is 1. The first-order valence-electron chi connectivity index (χ1n) is 4.45. The Labute approximate surface area is 69.1 Å². The van der Waals surface area contributed by atoms with Gasteiger partial charge in [0.25, 0.3) is 0 Å². The summed E-state index contributed by atoms with van der Waals surface area (Å²) >= 11 is 0. The van der Waals surface area contributed by atoms with Crippen LogP contribution in [-0.2, 0) is 0 Å². The van der Waals surface area contributed by atoms with E-state index in [4.69, 9.17) is 0 Å². The van der Waals surface area contributed by atoms with Crippen LogP contribution in [0.15, 0.2) is 12.7 Å². The van der Waals surface area contributed by atoms with E-state index in [1.54, 1.807) is 0 Å². The van der Waals surface area contributed by atoms with Gasteiger partial charge in [0.1, 0.15) is 0 Å². The van der Waals surface area contributed by atoms with Crippen molar-refractivity contribution in [2.45, 2.75) is 32.8 Å². The fraction of sp³-hybridized carbons (Fsp3) is 0.800. The van der Waals surface area contributed by atoms with Crippen molar-refractivity contribution >= 4 is 0 Å². The quantitative estimate of drug-likeness (QED) is 0.574. The van der Waals surface area contributed by atoms with E-state index in [-0.39, 0.29) is 6.10 Å². The van der Waals surface area contributed by atoms with Crippen molar-refractivity contribution in [1.82, 2.24) is 0 Å². The first-order valence-corrected chi connectivity index (χ1v) is 4.45. The summed E-state index contributed by atoms with van der Waals surface area (Å²) in [6.45, 7) is 8.16. The average molecular weight is 154 g/mol. The van der Waals surface area contributed by atoms with Gasteiger partial charge in [-0.25, -0.2) is 0 Å². The molecule has 0 bridgehead atoms. The van der Waals surface area contributed by atoms with Gasteiger partial charge in [-0.3, -0.25) is 0 Å². The zero-order valence-corrected chi connectivity index (χ0v) is 7.46. The summed E-state index contributed by atoms with van der Waals surface area (Å²) < 4.78 is 0. The van der Waals surface area contributed by atoms with Crippen molar-refractivity contribution < 1.29 is 5.11 Å². The molecule has 0 amide bonds. The maximum absolute atomic E-state index is 9.64. The lowest BCUT2D eigenvalue weighted by Gasteiger charge is -2.34. The predicted octanol–water partition coefficient (Wildman–Crippen LogP) is 2.22. The summed E-state index contributed by atoms with van der Waals surface area (Å²) in [5.41, 5.74) is 0. The number of hydrogen-bond donors (Lipinski definition) is 1. The van der Waals surface area contributed by atoms with E-state index in [1.807, 2.05) is 6.08 Å². The minimum atomic E-state index is -0.147. The highest BCUT2D eigenvalue weighted by Gasteiger charge is 2.30. The minimum Gasteiger partial charge on any atom is -0.392 e. The highest BCUT2D eigenvalue weighted by Crippen LogP contribution is 2.33. The standard InChI is InChI=1S/C10H18O/c1-4-9-8(3)5-7(2)6-10(9)11/h4,7-11H,1,5-6H2,2-3H3. The van der Waals surface area contributed by atoms with Crippen LogP contribution in [0.2, 0.25) is 0 Å². The molecule has 4 unspecified atom stereocenters. The summed E-state index contributed by atoms with van der Waals surface area (Å²) in [6.07, 6.45) is 3.93. The van der Waals surface area contributed by atoms with E-state index in [0.717, 1.165) is 6.42 Å². The molecule has 0 aromatic rings. The first kappa shape index (κ1) is 8.79. The zero-order valence-electron chi connectivity index (χ0n) is 7.46. The summed E-state index contributed by atoms with van der Waals surface area (Å²) in [6, 6.07) is 0. The van der Waals surface area contributed by atoms with Gasteiger partial charge in [0.2, 0.25) is 0 Å². The Morgan fingerprint density at radius 1 is 1.36 bits per heavy atom. The molecule has 0 aromatic heterocycles. The maximum atomic E-state index is 9.64. The molecular weight excluding hydrogens is 136 g/mol. The van der Waals surface area contributed by atoms with Gasteiger partial charge in [-0.05, 0) is 24.7 Å². The Balaban J connectivity index is 2.58. The van der Waals surface area contributed by atoms with Crippen molar-refractivity contribution in [2.75, 3.05) is 0 Å². The summed E-state index contributed by atoms with van der Waals surface area (Å²) in [7, 11) is 0. The van der Waals surface area contributed by atoms with Crippen LogP contribution < -0.4 is 0 Å². The second-order valence-electron chi connectivity index (χ2n) is 3.93. The molecule has 1 aliphatic rings. The highest BCUT2D eigenvalue weighted by atomic mass is 16.3. The molecule has 4 atom stereocenters. The molecule has 0 saturated heterocycles. The van der Waals surface area contributed by atoms with Crippen LogP contribution in [0.1, 0.15) is 26.7 Å². The minimum absolute atomic E-state index is 0.147. The summed E-state index contributed by atoms with van der Waals surface area (Å²) in [4.78, 5) is 0. The second-order valence-corrected chi connectivity index (χ2v) is 3.93. The molecule has 1 nitrogen and oxygen atoms in total. The van der Waals surface area contributed by atoms with Crippen LogP contribution in [0, 0.1) is 17.8 Å². The van der Waals surface area contributed by atoms with E-state index in [2.05, 4.69) is 20.4 Å². The molecule has 1 fully saturated rings. The van der Waals surface area contributed by atoms with Gasteiger partial charge in [0, 0.05) is 5.92 Å². The molecule has 1 rings (SSSR count). The van der Waals surface area contributed by atoms with Crippen LogP contribution in [0.3, 0.4) is 0 Å². The monoisotopic (exact) mass is 154 g/mol. The smallest absolute Gasteiger partial charge is 0.0607 e. The van der Waals surface area contributed by atoms with Crippen molar-refractivity contribution in [2.24, 2.45) is 17.8 Å². The summed E-state index contributed by atoms with van der Waals surface area (Å²) in [5.74, 6) is 1.61.